The molecule has 2 aromatic carbocycles. The van der Waals surface area contributed by atoms with Gasteiger partial charge in [0.05, 0.1) is 6.04 Å². The molecule has 2 rings (SSSR count). The maximum absolute atomic E-state index is 13.7. The molecule has 1 unspecified atom stereocenters. The molecule has 0 bridgehead atoms. The van der Waals surface area contributed by atoms with Crippen molar-refractivity contribution < 1.29 is 4.39 Å². The number of halogens is 2. The Labute approximate surface area is 128 Å². The highest BCUT2D eigenvalue weighted by Gasteiger charge is 2.14. The summed E-state index contributed by atoms with van der Waals surface area (Å²) in [6.45, 7) is 4.94. The molecule has 20 heavy (non-hydrogen) atoms. The van der Waals surface area contributed by atoms with Crippen LogP contribution in [-0.4, -0.2) is 6.54 Å². The maximum Gasteiger partial charge on any atom is 0.123 e. The summed E-state index contributed by atoms with van der Waals surface area (Å²) in [4.78, 5) is 0. The molecule has 0 fully saturated rings. The molecule has 0 aliphatic carbocycles. The topological polar surface area (TPSA) is 12.0 Å². The van der Waals surface area contributed by atoms with Gasteiger partial charge in [0.25, 0.3) is 0 Å². The minimum absolute atomic E-state index is 0.0156. The Hall–Kier alpha value is -1.19. The molecule has 0 saturated heterocycles. The number of rotatable bonds is 5. The lowest BCUT2D eigenvalue weighted by Gasteiger charge is -2.20. The maximum atomic E-state index is 13.7. The lowest BCUT2D eigenvalue weighted by Crippen LogP contribution is -2.23. The Bertz CT molecular complexity index is 563. The smallest absolute Gasteiger partial charge is 0.123 e. The molecule has 1 nitrogen and oxygen atoms in total. The highest BCUT2D eigenvalue weighted by molar-refractivity contribution is 9.10. The molecule has 106 valence electrons. The Morgan fingerprint density at radius 2 is 1.95 bits per heavy atom. The molecule has 2 aromatic rings. The third-order valence-electron chi connectivity index (χ3n) is 3.18. The molecule has 0 aromatic heterocycles. The summed E-state index contributed by atoms with van der Waals surface area (Å²) in [7, 11) is 0. The Kier molecular flexibility index (Phi) is 5.32. The zero-order valence-corrected chi connectivity index (χ0v) is 13.4. The molecule has 0 radical (unpaired) electrons. The lowest BCUT2D eigenvalue weighted by atomic mass is 9.97. The normalized spacial score (nSPS) is 12.4. The number of hydrogen-bond acceptors (Lipinski definition) is 1. The predicted molar refractivity (Wildman–Crippen MR) is 85.4 cm³/mol. The summed E-state index contributed by atoms with van der Waals surface area (Å²) in [5.74, 6) is -0.182. The van der Waals surface area contributed by atoms with Crippen molar-refractivity contribution in [1.29, 1.82) is 0 Å². The number of hydrogen-bond donors (Lipinski definition) is 1. The summed E-state index contributed by atoms with van der Waals surface area (Å²) in [6.07, 6.45) is 1.04. The fourth-order valence-electron chi connectivity index (χ4n) is 2.33. The van der Waals surface area contributed by atoms with E-state index >= 15 is 0 Å². The van der Waals surface area contributed by atoms with Gasteiger partial charge in [0.2, 0.25) is 0 Å². The van der Waals surface area contributed by atoms with Crippen molar-refractivity contribution in [1.82, 2.24) is 5.32 Å². The predicted octanol–water partition coefficient (Wildman–Crippen LogP) is 4.99. The van der Waals surface area contributed by atoms with Gasteiger partial charge in [-0.25, -0.2) is 4.39 Å². The first kappa shape index (κ1) is 15.2. The van der Waals surface area contributed by atoms with Crippen molar-refractivity contribution >= 4 is 15.9 Å². The van der Waals surface area contributed by atoms with Gasteiger partial charge in [-0.1, -0.05) is 41.1 Å². The SMILES string of the molecule is CCCNC(c1cc(C)cc(F)c1)c1cccc(Br)c1. The van der Waals surface area contributed by atoms with Gasteiger partial charge in [-0.2, -0.15) is 0 Å². The van der Waals surface area contributed by atoms with Crippen LogP contribution in [0.5, 0.6) is 0 Å². The molecule has 0 aliphatic rings. The molecule has 1 N–H and O–H groups in total. The Balaban J connectivity index is 2.41. The van der Waals surface area contributed by atoms with Crippen LogP contribution < -0.4 is 5.32 Å². The van der Waals surface area contributed by atoms with Crippen LogP contribution >= 0.6 is 15.9 Å². The standard InChI is InChI=1S/C17H19BrFN/c1-3-7-20-17(13-5-4-6-15(18)10-13)14-8-12(2)9-16(19)11-14/h4-6,8-11,17,20H,3,7H2,1-2H3. The van der Waals surface area contributed by atoms with E-state index in [1.165, 1.54) is 0 Å². The minimum atomic E-state index is -0.182. The van der Waals surface area contributed by atoms with Crippen LogP contribution in [0.15, 0.2) is 46.9 Å². The molecule has 0 saturated carbocycles. The first-order valence-corrected chi connectivity index (χ1v) is 7.65. The summed E-state index contributed by atoms with van der Waals surface area (Å²) >= 11 is 3.50. The van der Waals surface area contributed by atoms with Crippen molar-refractivity contribution in [2.75, 3.05) is 6.54 Å². The van der Waals surface area contributed by atoms with Gasteiger partial charge in [-0.05, 0) is 60.8 Å². The third-order valence-corrected chi connectivity index (χ3v) is 3.67. The monoisotopic (exact) mass is 335 g/mol. The van der Waals surface area contributed by atoms with Crippen LogP contribution in [0.2, 0.25) is 0 Å². The third kappa shape index (κ3) is 3.90. The van der Waals surface area contributed by atoms with Crippen LogP contribution in [0.1, 0.15) is 36.1 Å². The zero-order chi connectivity index (χ0) is 14.5. The lowest BCUT2D eigenvalue weighted by molar-refractivity contribution is 0.584. The van der Waals surface area contributed by atoms with Gasteiger partial charge >= 0.3 is 0 Å². The van der Waals surface area contributed by atoms with E-state index in [9.17, 15) is 4.39 Å². The number of nitrogens with one attached hydrogen (secondary N) is 1. The fraction of sp³-hybridized carbons (Fsp3) is 0.294. The van der Waals surface area contributed by atoms with E-state index < -0.39 is 0 Å². The van der Waals surface area contributed by atoms with E-state index in [0.717, 1.165) is 34.1 Å². The van der Waals surface area contributed by atoms with Crippen LogP contribution in [0.3, 0.4) is 0 Å². The second kappa shape index (κ2) is 7.00. The first-order valence-electron chi connectivity index (χ1n) is 6.86. The highest BCUT2D eigenvalue weighted by atomic mass is 79.9. The van der Waals surface area contributed by atoms with E-state index in [0.29, 0.717) is 0 Å². The number of benzene rings is 2. The van der Waals surface area contributed by atoms with E-state index in [4.69, 9.17) is 0 Å². The van der Waals surface area contributed by atoms with E-state index in [1.54, 1.807) is 12.1 Å². The van der Waals surface area contributed by atoms with Gasteiger partial charge in [-0.15, -0.1) is 0 Å². The van der Waals surface area contributed by atoms with Gasteiger partial charge in [0.15, 0.2) is 0 Å². The fourth-order valence-corrected chi connectivity index (χ4v) is 2.75. The van der Waals surface area contributed by atoms with Crippen LogP contribution in [0.25, 0.3) is 0 Å². The summed E-state index contributed by atoms with van der Waals surface area (Å²) in [6, 6.07) is 13.4. The summed E-state index contributed by atoms with van der Waals surface area (Å²) in [5.41, 5.74) is 3.05. The van der Waals surface area contributed by atoms with E-state index in [1.807, 2.05) is 25.1 Å². The van der Waals surface area contributed by atoms with Crippen molar-refractivity contribution in [2.45, 2.75) is 26.3 Å². The molecule has 0 spiro atoms. The molecule has 0 heterocycles. The number of aryl methyl sites for hydroxylation is 1. The Morgan fingerprint density at radius 3 is 2.60 bits per heavy atom. The van der Waals surface area contributed by atoms with E-state index in [-0.39, 0.29) is 11.9 Å². The Morgan fingerprint density at radius 1 is 1.15 bits per heavy atom. The van der Waals surface area contributed by atoms with E-state index in [2.05, 4.69) is 40.3 Å². The van der Waals surface area contributed by atoms with Crippen molar-refractivity contribution in [3.8, 4) is 0 Å². The summed E-state index contributed by atoms with van der Waals surface area (Å²) in [5, 5.41) is 3.50. The second-order valence-electron chi connectivity index (χ2n) is 5.00. The molecule has 0 aliphatic heterocycles. The van der Waals surface area contributed by atoms with Gasteiger partial charge in [0, 0.05) is 4.47 Å². The minimum Gasteiger partial charge on any atom is -0.306 e. The van der Waals surface area contributed by atoms with Gasteiger partial charge < -0.3 is 5.32 Å². The van der Waals surface area contributed by atoms with Gasteiger partial charge in [0.1, 0.15) is 5.82 Å². The van der Waals surface area contributed by atoms with Crippen LogP contribution in [0.4, 0.5) is 4.39 Å². The molecule has 3 heteroatoms. The molecular formula is C17H19BrFN. The molecular weight excluding hydrogens is 317 g/mol. The molecule has 1 atom stereocenters. The summed E-state index contributed by atoms with van der Waals surface area (Å²) < 4.78 is 14.7. The largest absolute Gasteiger partial charge is 0.306 e. The van der Waals surface area contributed by atoms with Crippen molar-refractivity contribution in [3.63, 3.8) is 0 Å². The average Bonchev–Trinajstić information content (AvgIpc) is 2.38. The van der Waals surface area contributed by atoms with Crippen molar-refractivity contribution in [3.05, 3.63) is 69.4 Å². The average molecular weight is 336 g/mol. The highest BCUT2D eigenvalue weighted by Crippen LogP contribution is 2.26. The molecule has 0 amide bonds. The van der Waals surface area contributed by atoms with Crippen molar-refractivity contribution in [2.24, 2.45) is 0 Å². The van der Waals surface area contributed by atoms with Gasteiger partial charge in [-0.3, -0.25) is 0 Å². The quantitative estimate of drug-likeness (QED) is 0.811. The first-order chi connectivity index (χ1) is 9.60. The van der Waals surface area contributed by atoms with Crippen LogP contribution in [-0.2, 0) is 0 Å². The second-order valence-corrected chi connectivity index (χ2v) is 5.92. The van der Waals surface area contributed by atoms with Crippen LogP contribution in [0, 0.1) is 12.7 Å². The zero-order valence-electron chi connectivity index (χ0n) is 11.8.